The fourth-order valence-corrected chi connectivity index (χ4v) is 0.254. The maximum absolute atomic E-state index is 6.82. The van der Waals surface area contributed by atoms with Crippen molar-refractivity contribution in [1.29, 1.82) is 0 Å². The maximum atomic E-state index is 6.82. The van der Waals surface area contributed by atoms with Crippen molar-refractivity contribution in [3.05, 3.63) is 0 Å². The van der Waals surface area contributed by atoms with Crippen LogP contribution < -0.4 is 0 Å². The van der Waals surface area contributed by atoms with Crippen LogP contribution in [0.1, 0.15) is 9.62 Å². The third-order valence-corrected chi connectivity index (χ3v) is 0.664. The molecule has 1 aliphatic heterocycles. The highest BCUT2D eigenvalue weighted by atomic mass is 16.5. The Kier molecular flexibility index (Phi) is 0.314. The van der Waals surface area contributed by atoms with E-state index in [-0.39, 0.29) is 5.92 Å². The molecule has 1 aliphatic rings. The van der Waals surface area contributed by atoms with Crippen molar-refractivity contribution >= 4 is 0 Å². The van der Waals surface area contributed by atoms with Gasteiger partial charge in [-0.15, -0.1) is 0 Å². The molecule has 0 bridgehead atoms. The van der Waals surface area contributed by atoms with Crippen LogP contribution in [-0.2, 0) is 4.74 Å². The van der Waals surface area contributed by atoms with Crippen LogP contribution in [0.4, 0.5) is 0 Å². The average molecular weight is 74.1 g/mol. The Hall–Kier alpha value is -0.0400. The van der Waals surface area contributed by atoms with Gasteiger partial charge in [0.1, 0.15) is 0 Å². The Morgan fingerprint density at radius 1 is 2.00 bits per heavy atom. The second-order valence-electron chi connectivity index (χ2n) is 1.30. The summed E-state index contributed by atoms with van der Waals surface area (Å²) in [5.74, 6) is 0.194. The first-order valence-electron chi connectivity index (χ1n) is 2.88. The summed E-state index contributed by atoms with van der Waals surface area (Å²) in [5, 5.41) is 0. The van der Waals surface area contributed by atoms with Crippen LogP contribution in [0.3, 0.4) is 0 Å². The van der Waals surface area contributed by atoms with Crippen molar-refractivity contribution in [2.24, 2.45) is 5.92 Å². The van der Waals surface area contributed by atoms with Gasteiger partial charge in [0, 0.05) is 8.66 Å². The van der Waals surface area contributed by atoms with E-state index in [4.69, 9.17) is 7.48 Å². The molecule has 0 N–H and O–H groups in total. The molecule has 1 fully saturated rings. The SMILES string of the molecule is [2H]C([2H])C1COC1. The fourth-order valence-electron chi connectivity index (χ4n) is 0.254. The van der Waals surface area contributed by atoms with Crippen LogP contribution in [0.5, 0.6) is 0 Å². The molecule has 1 heteroatoms. The molecule has 0 atom stereocenters. The summed E-state index contributed by atoms with van der Waals surface area (Å²) >= 11 is 0. The predicted molar refractivity (Wildman–Crippen MR) is 20.0 cm³/mol. The second-order valence-corrected chi connectivity index (χ2v) is 1.30. The molecule has 1 heterocycles. The highest BCUT2D eigenvalue weighted by Crippen LogP contribution is 2.05. The van der Waals surface area contributed by atoms with Gasteiger partial charge in [-0.05, 0) is 0 Å². The Bertz CT molecular complexity index is 60.7. The van der Waals surface area contributed by atoms with E-state index in [2.05, 4.69) is 0 Å². The van der Waals surface area contributed by atoms with Crippen molar-refractivity contribution in [1.82, 2.24) is 0 Å². The third kappa shape index (κ3) is 0.428. The van der Waals surface area contributed by atoms with Crippen LogP contribution in [0.2, 0.25) is 0 Å². The molecule has 0 spiro atoms. The minimum atomic E-state index is -0.672. The first-order valence-corrected chi connectivity index (χ1v) is 1.73. The summed E-state index contributed by atoms with van der Waals surface area (Å²) in [4.78, 5) is 0. The van der Waals surface area contributed by atoms with E-state index in [1.54, 1.807) is 0 Å². The molecule has 0 aromatic carbocycles. The Labute approximate surface area is 34.8 Å². The van der Waals surface area contributed by atoms with Gasteiger partial charge < -0.3 is 4.74 Å². The van der Waals surface area contributed by atoms with Crippen molar-refractivity contribution in [2.45, 2.75) is 6.88 Å². The molecule has 1 rings (SSSR count). The molecule has 1 nitrogen and oxygen atoms in total. The molecule has 1 saturated heterocycles. The minimum absolute atomic E-state index is 0.194. The van der Waals surface area contributed by atoms with Gasteiger partial charge in [0.05, 0.1) is 13.2 Å². The molecular formula is C4H8O. The van der Waals surface area contributed by atoms with Gasteiger partial charge in [-0.1, -0.05) is 6.88 Å². The summed E-state index contributed by atoms with van der Waals surface area (Å²) < 4.78 is 18.4. The predicted octanol–water partition coefficient (Wildman–Crippen LogP) is 0.653. The van der Waals surface area contributed by atoms with Crippen LogP contribution in [-0.4, -0.2) is 13.2 Å². The Balaban J connectivity index is 2.14. The van der Waals surface area contributed by atoms with Crippen molar-refractivity contribution < 1.29 is 7.48 Å². The zero-order chi connectivity index (χ0) is 5.28. The van der Waals surface area contributed by atoms with Gasteiger partial charge in [0.25, 0.3) is 0 Å². The molecule has 0 aromatic heterocycles. The highest BCUT2D eigenvalue weighted by molar-refractivity contribution is 4.56. The number of rotatable bonds is 0. The second kappa shape index (κ2) is 0.977. The fraction of sp³-hybridized carbons (Fsp3) is 1.00. The number of ether oxygens (including phenoxy) is 1. The first-order chi connectivity index (χ1) is 3.30. The van der Waals surface area contributed by atoms with Gasteiger partial charge in [-0.2, -0.15) is 0 Å². The van der Waals surface area contributed by atoms with E-state index in [0.29, 0.717) is 13.2 Å². The lowest BCUT2D eigenvalue weighted by molar-refractivity contribution is -0.0221. The molecule has 5 heavy (non-hydrogen) atoms. The van der Waals surface area contributed by atoms with E-state index < -0.39 is 6.88 Å². The highest BCUT2D eigenvalue weighted by Gasteiger charge is 2.09. The lowest BCUT2D eigenvalue weighted by Gasteiger charge is -2.20. The van der Waals surface area contributed by atoms with Crippen molar-refractivity contribution in [3.8, 4) is 0 Å². The van der Waals surface area contributed by atoms with Crippen LogP contribution in [0.25, 0.3) is 0 Å². The zero-order valence-electron chi connectivity index (χ0n) is 4.98. The first kappa shape index (κ1) is 1.61. The lowest BCUT2D eigenvalue weighted by atomic mass is 10.2. The van der Waals surface area contributed by atoms with E-state index in [0.717, 1.165) is 0 Å². The summed E-state index contributed by atoms with van der Waals surface area (Å²) in [6.45, 7) is 0.573. The molecular weight excluding hydrogens is 64.0 g/mol. The van der Waals surface area contributed by atoms with Gasteiger partial charge in [0.2, 0.25) is 0 Å². The number of hydrogen-bond acceptors (Lipinski definition) is 1. The average Bonchev–Trinajstić information content (AvgIpc) is 1.23. The smallest absolute Gasteiger partial charge is 0.0513 e. The van der Waals surface area contributed by atoms with Gasteiger partial charge in [0.15, 0.2) is 0 Å². The molecule has 0 aliphatic carbocycles. The molecule has 0 radical (unpaired) electrons. The van der Waals surface area contributed by atoms with Crippen molar-refractivity contribution in [2.75, 3.05) is 13.2 Å². The quantitative estimate of drug-likeness (QED) is 0.410. The van der Waals surface area contributed by atoms with E-state index in [9.17, 15) is 0 Å². The molecule has 30 valence electrons. The van der Waals surface area contributed by atoms with E-state index >= 15 is 0 Å². The van der Waals surface area contributed by atoms with Gasteiger partial charge in [-0.25, -0.2) is 0 Å². The van der Waals surface area contributed by atoms with Gasteiger partial charge >= 0.3 is 0 Å². The minimum Gasteiger partial charge on any atom is -0.381 e. The summed E-state index contributed by atoms with van der Waals surface area (Å²) in [6, 6.07) is 0. The zero-order valence-corrected chi connectivity index (χ0v) is 2.98. The summed E-state index contributed by atoms with van der Waals surface area (Å²) in [6.07, 6.45) is 0. The van der Waals surface area contributed by atoms with Crippen LogP contribution >= 0.6 is 0 Å². The standard InChI is InChI=1S/C4H8O/c1-4-2-5-3-4/h4H,2-3H2,1H3/i1D2. The molecule has 0 saturated carbocycles. The Morgan fingerprint density at radius 2 is 2.80 bits per heavy atom. The summed E-state index contributed by atoms with van der Waals surface area (Å²) in [5.41, 5.74) is 0. The van der Waals surface area contributed by atoms with Crippen molar-refractivity contribution in [3.63, 3.8) is 0 Å². The third-order valence-electron chi connectivity index (χ3n) is 0.664. The van der Waals surface area contributed by atoms with Crippen LogP contribution in [0, 0.1) is 5.92 Å². The van der Waals surface area contributed by atoms with Crippen LogP contribution in [0.15, 0.2) is 0 Å². The maximum Gasteiger partial charge on any atom is 0.0513 e. The van der Waals surface area contributed by atoms with E-state index in [1.165, 1.54) is 0 Å². The topological polar surface area (TPSA) is 9.23 Å². The van der Waals surface area contributed by atoms with Gasteiger partial charge in [-0.3, -0.25) is 0 Å². The normalized spacial score (nSPS) is 32.2. The molecule has 0 amide bonds. The lowest BCUT2D eigenvalue weighted by Crippen LogP contribution is -2.23. The monoisotopic (exact) mass is 74.1 g/mol. The number of hydrogen-bond donors (Lipinski definition) is 0. The molecule has 0 aromatic rings. The summed E-state index contributed by atoms with van der Waals surface area (Å²) in [7, 11) is 0. The van der Waals surface area contributed by atoms with E-state index in [1.807, 2.05) is 0 Å². The largest absolute Gasteiger partial charge is 0.381 e. The Morgan fingerprint density at radius 3 is 2.80 bits per heavy atom. The molecule has 0 unspecified atom stereocenters.